The van der Waals surface area contributed by atoms with Crippen LogP contribution in [-0.4, -0.2) is 79.3 Å². The van der Waals surface area contributed by atoms with Gasteiger partial charge in [-0.05, 0) is 68.3 Å². The van der Waals surface area contributed by atoms with Crippen molar-refractivity contribution in [1.29, 1.82) is 5.26 Å². The van der Waals surface area contributed by atoms with Crippen LogP contribution in [0.1, 0.15) is 81.1 Å². The van der Waals surface area contributed by atoms with Crippen LogP contribution in [0.4, 0.5) is 0 Å². The lowest BCUT2D eigenvalue weighted by atomic mass is 9.77. The van der Waals surface area contributed by atoms with E-state index in [1.165, 1.54) is 83.1 Å². The summed E-state index contributed by atoms with van der Waals surface area (Å²) in [6.07, 6.45) is 18.8. The number of hydrogen-bond donors (Lipinski definition) is 2. The Labute approximate surface area is 262 Å². The van der Waals surface area contributed by atoms with Gasteiger partial charge in [0.1, 0.15) is 11.6 Å². The average molecular weight is 597 g/mol. The van der Waals surface area contributed by atoms with Crippen LogP contribution in [-0.2, 0) is 30.7 Å². The minimum atomic E-state index is -0.875. The number of H-pyrrole nitrogens is 2. The van der Waals surface area contributed by atoms with Gasteiger partial charge in [0.2, 0.25) is 5.91 Å². The Morgan fingerprint density at radius 2 is 1.59 bits per heavy atom. The number of likely N-dealkylation sites (tertiary alicyclic amines) is 2. The monoisotopic (exact) mass is 596 g/mol. The van der Waals surface area contributed by atoms with Gasteiger partial charge in [0.25, 0.3) is 0 Å². The van der Waals surface area contributed by atoms with E-state index in [0.29, 0.717) is 24.8 Å². The van der Waals surface area contributed by atoms with Gasteiger partial charge in [-0.3, -0.25) is 9.69 Å². The summed E-state index contributed by atoms with van der Waals surface area (Å²) in [4.78, 5) is 35.1. The molecule has 9 heteroatoms. The first-order valence-corrected chi connectivity index (χ1v) is 16.6. The Kier molecular flexibility index (Phi) is 9.48. The molecule has 2 aromatic heterocycles. The summed E-state index contributed by atoms with van der Waals surface area (Å²) >= 11 is 0. The van der Waals surface area contributed by atoms with Crippen molar-refractivity contribution < 1.29 is 4.79 Å². The van der Waals surface area contributed by atoms with Crippen LogP contribution < -0.4 is 0 Å². The highest BCUT2D eigenvalue weighted by atomic mass is 16.2. The van der Waals surface area contributed by atoms with E-state index >= 15 is 0 Å². The highest BCUT2D eigenvalue weighted by Gasteiger charge is 2.41. The minimum absolute atomic E-state index is 0.0514. The first-order chi connectivity index (χ1) is 21.4. The van der Waals surface area contributed by atoms with Gasteiger partial charge < -0.3 is 19.8 Å². The fraction of sp³-hybridized carbons (Fsp3) is 0.600. The maximum Gasteiger partial charge on any atom is 0.219 e. The summed E-state index contributed by atoms with van der Waals surface area (Å²) < 4.78 is 0. The molecule has 3 aliphatic rings. The molecule has 1 saturated carbocycles. The third-order valence-electron chi connectivity index (χ3n) is 10.6. The number of carbonyl (C=O) groups excluding carboxylic acids is 1. The van der Waals surface area contributed by atoms with Crippen molar-refractivity contribution in [3.8, 4) is 6.07 Å². The number of nitrogens with zero attached hydrogens (tertiary/aromatic N) is 6. The molecular formula is C35H48N8O. The SMILES string of the molecule is CC(=O)N(Cc1ccc(CN2CCC3(CCN(C4CCCCC4)CC3)C2)cc1)CC(C#N)(Cc1ncc[nH]1)Cc1ncc[nH]1. The van der Waals surface area contributed by atoms with Gasteiger partial charge in [-0.25, -0.2) is 9.97 Å². The Morgan fingerprint density at radius 3 is 2.16 bits per heavy atom. The van der Waals surface area contributed by atoms with Crippen LogP contribution in [0.3, 0.4) is 0 Å². The lowest BCUT2D eigenvalue weighted by Gasteiger charge is -2.43. The maximum atomic E-state index is 12.9. The van der Waals surface area contributed by atoms with Crippen molar-refractivity contribution in [2.45, 2.75) is 90.3 Å². The van der Waals surface area contributed by atoms with Crippen LogP contribution in [0.5, 0.6) is 0 Å². The van der Waals surface area contributed by atoms with Crippen LogP contribution in [0.25, 0.3) is 0 Å². The molecule has 1 spiro atoms. The van der Waals surface area contributed by atoms with Gasteiger partial charge in [0, 0.05) is 76.8 Å². The Morgan fingerprint density at radius 1 is 0.977 bits per heavy atom. The summed E-state index contributed by atoms with van der Waals surface area (Å²) in [5, 5.41) is 10.4. The summed E-state index contributed by atoms with van der Waals surface area (Å²) in [7, 11) is 0. The predicted octanol–water partition coefficient (Wildman–Crippen LogP) is 5.10. The number of piperidine rings is 1. The van der Waals surface area contributed by atoms with Gasteiger partial charge in [0.05, 0.1) is 11.5 Å². The van der Waals surface area contributed by atoms with Crippen LogP contribution in [0.2, 0.25) is 0 Å². The number of nitriles is 1. The molecule has 0 unspecified atom stereocenters. The molecule has 234 valence electrons. The van der Waals surface area contributed by atoms with Gasteiger partial charge >= 0.3 is 0 Å². The van der Waals surface area contributed by atoms with Crippen molar-refractivity contribution in [3.05, 3.63) is 71.8 Å². The fourth-order valence-electron chi connectivity index (χ4n) is 7.97. The first-order valence-electron chi connectivity index (χ1n) is 16.6. The number of aromatic nitrogens is 4. The molecule has 44 heavy (non-hydrogen) atoms. The quantitative estimate of drug-likeness (QED) is 0.319. The second-order valence-corrected chi connectivity index (χ2v) is 13.8. The number of hydrogen-bond acceptors (Lipinski definition) is 6. The number of carbonyl (C=O) groups is 1. The molecule has 0 bridgehead atoms. The Balaban J connectivity index is 1.05. The highest BCUT2D eigenvalue weighted by Crippen LogP contribution is 2.42. The Hall–Kier alpha value is -3.48. The number of aromatic amines is 2. The molecular weight excluding hydrogens is 548 g/mol. The molecule has 3 fully saturated rings. The fourth-order valence-corrected chi connectivity index (χ4v) is 7.97. The van der Waals surface area contributed by atoms with E-state index < -0.39 is 5.41 Å². The first kappa shape index (κ1) is 30.5. The van der Waals surface area contributed by atoms with Crippen LogP contribution in [0, 0.1) is 22.2 Å². The molecule has 0 radical (unpaired) electrons. The zero-order valence-electron chi connectivity index (χ0n) is 26.3. The van der Waals surface area contributed by atoms with Crippen molar-refractivity contribution in [1.82, 2.24) is 34.6 Å². The molecule has 1 aromatic carbocycles. The predicted molar refractivity (Wildman–Crippen MR) is 170 cm³/mol. The van der Waals surface area contributed by atoms with Gasteiger partial charge in [-0.2, -0.15) is 5.26 Å². The van der Waals surface area contributed by atoms with Crippen LogP contribution in [0.15, 0.2) is 49.1 Å². The van der Waals surface area contributed by atoms with Crippen molar-refractivity contribution in [2.24, 2.45) is 10.8 Å². The van der Waals surface area contributed by atoms with E-state index in [2.05, 4.69) is 60.1 Å². The van der Waals surface area contributed by atoms with Crippen molar-refractivity contribution in [3.63, 3.8) is 0 Å². The standard InChI is InChI=1S/C35H48N8O/c1-28(44)43(27-35(25-36,21-32-37-14-15-38-32)22-33-39-16-17-40-33)24-30-9-7-29(8-10-30)23-41-18-11-34(26-41)12-19-42(20-13-34)31-5-3-2-4-6-31/h7-10,14-17,31H,2-6,11-13,18-24,26-27H2,1H3,(H,37,38)(H,39,40). The van der Waals surface area contributed by atoms with Gasteiger partial charge in [-0.1, -0.05) is 43.5 Å². The largest absolute Gasteiger partial charge is 0.349 e. The molecule has 3 aromatic rings. The summed E-state index contributed by atoms with van der Waals surface area (Å²) in [6.45, 7) is 8.28. The zero-order chi connectivity index (χ0) is 30.4. The third kappa shape index (κ3) is 7.41. The lowest BCUT2D eigenvalue weighted by Crippen LogP contribution is -2.46. The highest BCUT2D eigenvalue weighted by molar-refractivity contribution is 5.73. The number of rotatable bonds is 11. The topological polar surface area (TPSA) is 108 Å². The van der Waals surface area contributed by atoms with E-state index in [9.17, 15) is 10.1 Å². The normalized spacial score (nSPS) is 19.7. The van der Waals surface area contributed by atoms with Crippen molar-refractivity contribution >= 4 is 5.91 Å². The molecule has 9 nitrogen and oxygen atoms in total. The van der Waals surface area contributed by atoms with Crippen LogP contribution >= 0.6 is 0 Å². The summed E-state index contributed by atoms with van der Waals surface area (Å²) in [5.41, 5.74) is 2.02. The molecule has 1 amide bonds. The molecule has 4 heterocycles. The van der Waals surface area contributed by atoms with E-state index in [0.717, 1.165) is 29.8 Å². The zero-order valence-corrected chi connectivity index (χ0v) is 26.3. The smallest absolute Gasteiger partial charge is 0.219 e. The number of amides is 1. The second kappa shape index (κ2) is 13.7. The van der Waals surface area contributed by atoms with E-state index in [-0.39, 0.29) is 12.5 Å². The van der Waals surface area contributed by atoms with E-state index in [1.54, 1.807) is 36.6 Å². The number of benzene rings is 1. The lowest BCUT2D eigenvalue weighted by molar-refractivity contribution is -0.130. The maximum absolute atomic E-state index is 12.9. The second-order valence-electron chi connectivity index (χ2n) is 13.8. The molecule has 1 aliphatic carbocycles. The number of nitrogens with one attached hydrogen (secondary N) is 2. The third-order valence-corrected chi connectivity index (χ3v) is 10.6. The number of imidazole rings is 2. The summed E-state index contributed by atoms with van der Waals surface area (Å²) in [5.74, 6) is 1.40. The Bertz CT molecular complexity index is 1330. The summed E-state index contributed by atoms with van der Waals surface area (Å²) in [6, 6.07) is 12.1. The van der Waals surface area contributed by atoms with Gasteiger partial charge in [-0.15, -0.1) is 0 Å². The van der Waals surface area contributed by atoms with E-state index in [4.69, 9.17) is 0 Å². The van der Waals surface area contributed by atoms with E-state index in [1.807, 2.05) is 0 Å². The van der Waals surface area contributed by atoms with Gasteiger partial charge in [0.15, 0.2) is 0 Å². The van der Waals surface area contributed by atoms with Crippen molar-refractivity contribution in [2.75, 3.05) is 32.7 Å². The molecule has 2 saturated heterocycles. The average Bonchev–Trinajstić information content (AvgIpc) is 3.83. The minimum Gasteiger partial charge on any atom is -0.349 e. The molecule has 2 N–H and O–H groups in total. The molecule has 2 aliphatic heterocycles. The molecule has 6 rings (SSSR count). The molecule has 0 atom stereocenters.